The average Bonchev–Trinajstić information content (AvgIpc) is 3.45. The third-order valence-electron chi connectivity index (χ3n) is 4.56. The van der Waals surface area contributed by atoms with Gasteiger partial charge in [0.1, 0.15) is 6.10 Å². The monoisotopic (exact) mass is 362 g/mol. The van der Waals surface area contributed by atoms with E-state index in [1.807, 2.05) is 31.2 Å². The number of para-hydroxylation sites is 2. The molecular formula is C20H34N4O2. The zero-order chi connectivity index (χ0) is 18.9. The van der Waals surface area contributed by atoms with Crippen LogP contribution in [0.25, 0.3) is 0 Å². The fourth-order valence-corrected chi connectivity index (χ4v) is 2.96. The van der Waals surface area contributed by atoms with E-state index in [1.54, 1.807) is 7.11 Å². The van der Waals surface area contributed by atoms with Crippen LogP contribution < -0.4 is 20.1 Å². The van der Waals surface area contributed by atoms with Crippen LogP contribution >= 0.6 is 0 Å². The smallest absolute Gasteiger partial charge is 0.191 e. The molecule has 0 radical (unpaired) electrons. The molecule has 0 heterocycles. The van der Waals surface area contributed by atoms with E-state index in [0.29, 0.717) is 12.6 Å². The summed E-state index contributed by atoms with van der Waals surface area (Å²) in [4.78, 5) is 7.07. The normalized spacial score (nSPS) is 16.9. The molecule has 0 saturated heterocycles. The van der Waals surface area contributed by atoms with Crippen molar-refractivity contribution in [3.63, 3.8) is 0 Å². The van der Waals surface area contributed by atoms with Crippen molar-refractivity contribution in [3.05, 3.63) is 24.3 Å². The van der Waals surface area contributed by atoms with Crippen LogP contribution in [0.2, 0.25) is 0 Å². The summed E-state index contributed by atoms with van der Waals surface area (Å²) in [5.74, 6) is 3.14. The second kappa shape index (κ2) is 10.3. The number of nitrogens with zero attached hydrogens (tertiary/aromatic N) is 2. The van der Waals surface area contributed by atoms with Gasteiger partial charge in [-0.25, -0.2) is 0 Å². The molecule has 0 amide bonds. The number of rotatable bonds is 10. The fraction of sp³-hybridized carbons (Fsp3) is 0.650. The molecule has 6 heteroatoms. The van der Waals surface area contributed by atoms with Gasteiger partial charge in [0.2, 0.25) is 0 Å². The Morgan fingerprint density at radius 1 is 1.23 bits per heavy atom. The zero-order valence-corrected chi connectivity index (χ0v) is 16.8. The van der Waals surface area contributed by atoms with Gasteiger partial charge in [0.15, 0.2) is 17.5 Å². The summed E-state index contributed by atoms with van der Waals surface area (Å²) in [6.45, 7) is 6.43. The molecule has 2 N–H and O–H groups in total. The standard InChI is InChI=1S/C20H34N4O2/c1-6-21-20(23-14-17(24(3)4)16-11-12-16)22-13-15(2)26-19-10-8-7-9-18(19)25-5/h7-10,15-17H,6,11-14H2,1-5H3,(H2,21,22,23). The van der Waals surface area contributed by atoms with Gasteiger partial charge in [-0.05, 0) is 58.8 Å². The number of nitrogens with one attached hydrogen (secondary N) is 2. The Labute approximate surface area is 158 Å². The molecule has 6 nitrogen and oxygen atoms in total. The van der Waals surface area contributed by atoms with E-state index < -0.39 is 0 Å². The molecule has 0 aromatic heterocycles. The number of methoxy groups -OCH3 is 1. The Bertz CT molecular complexity index is 571. The van der Waals surface area contributed by atoms with E-state index >= 15 is 0 Å². The van der Waals surface area contributed by atoms with Gasteiger partial charge in [0.05, 0.1) is 20.2 Å². The summed E-state index contributed by atoms with van der Waals surface area (Å²) in [6, 6.07) is 8.23. The van der Waals surface area contributed by atoms with Gasteiger partial charge in [0, 0.05) is 12.6 Å². The minimum atomic E-state index is -0.0109. The number of guanidine groups is 1. The first-order valence-corrected chi connectivity index (χ1v) is 9.53. The average molecular weight is 363 g/mol. The van der Waals surface area contributed by atoms with E-state index in [4.69, 9.17) is 14.5 Å². The van der Waals surface area contributed by atoms with Crippen molar-refractivity contribution in [2.75, 3.05) is 40.8 Å². The van der Waals surface area contributed by atoms with Crippen LogP contribution in [-0.2, 0) is 0 Å². The molecule has 1 aromatic carbocycles. The van der Waals surface area contributed by atoms with Crippen molar-refractivity contribution >= 4 is 5.96 Å². The molecule has 146 valence electrons. The van der Waals surface area contributed by atoms with Crippen molar-refractivity contribution in [1.29, 1.82) is 0 Å². The minimum Gasteiger partial charge on any atom is -0.493 e. The van der Waals surface area contributed by atoms with Gasteiger partial charge in [0.25, 0.3) is 0 Å². The van der Waals surface area contributed by atoms with E-state index in [-0.39, 0.29) is 6.10 Å². The van der Waals surface area contributed by atoms with Gasteiger partial charge in [-0.2, -0.15) is 0 Å². The maximum atomic E-state index is 6.00. The first kappa shape index (κ1) is 20.4. The lowest BCUT2D eigenvalue weighted by Crippen LogP contribution is -2.43. The maximum absolute atomic E-state index is 6.00. The Morgan fingerprint density at radius 2 is 1.92 bits per heavy atom. The number of hydrogen-bond donors (Lipinski definition) is 2. The van der Waals surface area contributed by atoms with Crippen LogP contribution in [0.15, 0.2) is 29.3 Å². The number of aliphatic imine (C=N–C) groups is 1. The summed E-state index contributed by atoms with van der Waals surface area (Å²) < 4.78 is 11.3. The van der Waals surface area contributed by atoms with Crippen LogP contribution in [0.4, 0.5) is 0 Å². The highest BCUT2D eigenvalue weighted by molar-refractivity contribution is 5.79. The molecule has 2 atom stereocenters. The van der Waals surface area contributed by atoms with E-state index in [1.165, 1.54) is 12.8 Å². The summed E-state index contributed by atoms with van der Waals surface area (Å²) >= 11 is 0. The molecule has 0 aliphatic heterocycles. The third kappa shape index (κ3) is 6.41. The largest absolute Gasteiger partial charge is 0.493 e. The number of likely N-dealkylation sites (N-methyl/N-ethyl adjacent to an activating group) is 1. The first-order valence-electron chi connectivity index (χ1n) is 9.53. The molecular weight excluding hydrogens is 328 g/mol. The quantitative estimate of drug-likeness (QED) is 0.494. The van der Waals surface area contributed by atoms with Crippen LogP contribution in [-0.4, -0.2) is 63.8 Å². The number of ether oxygens (including phenoxy) is 2. The second-order valence-corrected chi connectivity index (χ2v) is 7.05. The Balaban J connectivity index is 1.87. The summed E-state index contributed by atoms with van der Waals surface area (Å²) in [5, 5.41) is 6.70. The molecule has 1 aromatic rings. The Morgan fingerprint density at radius 3 is 2.50 bits per heavy atom. The van der Waals surface area contributed by atoms with Crippen molar-refractivity contribution in [3.8, 4) is 11.5 Å². The van der Waals surface area contributed by atoms with Crippen LogP contribution in [0, 0.1) is 5.92 Å². The molecule has 2 rings (SSSR count). The van der Waals surface area contributed by atoms with Crippen LogP contribution in [0.3, 0.4) is 0 Å². The van der Waals surface area contributed by atoms with Gasteiger partial charge < -0.3 is 25.0 Å². The van der Waals surface area contributed by atoms with Gasteiger partial charge in [-0.1, -0.05) is 12.1 Å². The predicted molar refractivity (Wildman–Crippen MR) is 107 cm³/mol. The lowest BCUT2D eigenvalue weighted by atomic mass is 10.2. The minimum absolute atomic E-state index is 0.0109. The highest BCUT2D eigenvalue weighted by Gasteiger charge is 2.32. The number of hydrogen-bond acceptors (Lipinski definition) is 4. The summed E-state index contributed by atoms with van der Waals surface area (Å²) in [7, 11) is 5.94. The van der Waals surface area contributed by atoms with E-state index in [9.17, 15) is 0 Å². The van der Waals surface area contributed by atoms with Crippen LogP contribution in [0.1, 0.15) is 26.7 Å². The molecule has 0 bridgehead atoms. The van der Waals surface area contributed by atoms with Gasteiger partial charge in [-0.3, -0.25) is 4.99 Å². The van der Waals surface area contributed by atoms with Crippen molar-refractivity contribution in [2.24, 2.45) is 10.9 Å². The van der Waals surface area contributed by atoms with E-state index in [0.717, 1.165) is 36.5 Å². The topological polar surface area (TPSA) is 58.1 Å². The highest BCUT2D eigenvalue weighted by Crippen LogP contribution is 2.34. The molecule has 1 saturated carbocycles. The maximum Gasteiger partial charge on any atom is 0.191 e. The second-order valence-electron chi connectivity index (χ2n) is 7.05. The SMILES string of the molecule is CCNC(=NCC(C1CC1)N(C)C)NCC(C)Oc1ccccc1OC. The lowest BCUT2D eigenvalue weighted by molar-refractivity contribution is 0.213. The van der Waals surface area contributed by atoms with Gasteiger partial charge >= 0.3 is 0 Å². The molecule has 0 spiro atoms. The molecule has 26 heavy (non-hydrogen) atoms. The highest BCUT2D eigenvalue weighted by atomic mass is 16.5. The van der Waals surface area contributed by atoms with Crippen molar-refractivity contribution in [1.82, 2.24) is 15.5 Å². The van der Waals surface area contributed by atoms with Crippen molar-refractivity contribution in [2.45, 2.75) is 38.8 Å². The molecule has 1 aliphatic rings. The molecule has 1 aliphatic carbocycles. The molecule has 2 unspecified atom stereocenters. The van der Waals surface area contributed by atoms with E-state index in [2.05, 4.69) is 36.6 Å². The first-order chi connectivity index (χ1) is 12.5. The Hall–Kier alpha value is -1.95. The predicted octanol–water partition coefficient (Wildman–Crippen LogP) is 2.36. The summed E-state index contributed by atoms with van der Waals surface area (Å²) in [5.41, 5.74) is 0. The zero-order valence-electron chi connectivity index (χ0n) is 16.8. The van der Waals surface area contributed by atoms with Gasteiger partial charge in [-0.15, -0.1) is 0 Å². The summed E-state index contributed by atoms with van der Waals surface area (Å²) in [6.07, 6.45) is 2.64. The fourth-order valence-electron chi connectivity index (χ4n) is 2.96. The molecule has 1 fully saturated rings. The number of benzene rings is 1. The van der Waals surface area contributed by atoms with Crippen LogP contribution in [0.5, 0.6) is 11.5 Å². The lowest BCUT2D eigenvalue weighted by Gasteiger charge is -2.23. The third-order valence-corrected chi connectivity index (χ3v) is 4.56. The van der Waals surface area contributed by atoms with Crippen molar-refractivity contribution < 1.29 is 9.47 Å². The Kier molecular flexibility index (Phi) is 8.04.